The minimum Gasteiger partial charge on any atom is -0.480 e. The van der Waals surface area contributed by atoms with Gasteiger partial charge in [0.05, 0.1) is 4.90 Å². The molecule has 3 N–H and O–H groups in total. The first-order valence-corrected chi connectivity index (χ1v) is 8.52. The number of nitrogens with one attached hydrogen (secondary N) is 2. The minimum atomic E-state index is -4.56. The molecule has 0 heterocycles. The van der Waals surface area contributed by atoms with E-state index >= 15 is 0 Å². The number of carbonyl (C=O) groups is 2. The van der Waals surface area contributed by atoms with Crippen LogP contribution >= 0.6 is 0 Å². The fourth-order valence-electron chi connectivity index (χ4n) is 1.77. The summed E-state index contributed by atoms with van der Waals surface area (Å²) in [4.78, 5) is 22.3. The normalized spacial score (nSPS) is 13.5. The van der Waals surface area contributed by atoms with Crippen molar-refractivity contribution in [1.82, 2.24) is 10.0 Å². The van der Waals surface area contributed by atoms with Gasteiger partial charge >= 0.3 is 12.1 Å². The number of rotatable bonds is 7. The average Bonchev–Trinajstić information content (AvgIpc) is 2.49. The van der Waals surface area contributed by atoms with Crippen molar-refractivity contribution in [2.75, 3.05) is 6.54 Å². The maximum absolute atomic E-state index is 12.2. The van der Waals surface area contributed by atoms with Gasteiger partial charge in [0.25, 0.3) is 5.91 Å². The van der Waals surface area contributed by atoms with Crippen molar-refractivity contribution in [3.63, 3.8) is 0 Å². The highest BCUT2D eigenvalue weighted by atomic mass is 32.2. The number of halogens is 3. The van der Waals surface area contributed by atoms with Crippen LogP contribution in [0, 0.1) is 5.92 Å². The van der Waals surface area contributed by atoms with E-state index in [2.05, 4.69) is 0 Å². The van der Waals surface area contributed by atoms with Gasteiger partial charge in [-0.3, -0.25) is 9.59 Å². The Kier molecular flexibility index (Phi) is 6.54. The molecule has 7 nitrogen and oxygen atoms in total. The van der Waals surface area contributed by atoms with Crippen LogP contribution in [-0.4, -0.2) is 44.2 Å². The number of benzene rings is 1. The molecule has 0 radical (unpaired) electrons. The quantitative estimate of drug-likeness (QED) is 0.659. The van der Waals surface area contributed by atoms with E-state index < -0.39 is 46.6 Å². The lowest BCUT2D eigenvalue weighted by molar-refractivity contribution is -0.140. The van der Waals surface area contributed by atoms with Crippen molar-refractivity contribution in [2.24, 2.45) is 5.92 Å². The van der Waals surface area contributed by atoms with E-state index in [9.17, 15) is 31.2 Å². The molecule has 0 saturated carbocycles. The number of hydrogen-bond donors (Lipinski definition) is 3. The van der Waals surface area contributed by atoms with Gasteiger partial charge in [-0.25, -0.2) is 8.42 Å². The zero-order chi connectivity index (χ0) is 19.4. The summed E-state index contributed by atoms with van der Waals surface area (Å²) in [6, 6.07) is 2.73. The molecule has 0 bridgehead atoms. The maximum atomic E-state index is 12.2. The van der Waals surface area contributed by atoms with Crippen LogP contribution < -0.4 is 10.0 Å². The highest BCUT2D eigenvalue weighted by Crippen LogP contribution is 2.15. The first-order chi connectivity index (χ1) is 11.3. The zero-order valence-corrected chi connectivity index (χ0v) is 14.1. The topological polar surface area (TPSA) is 113 Å². The summed E-state index contributed by atoms with van der Waals surface area (Å²) in [7, 11) is -4.17. The summed E-state index contributed by atoms with van der Waals surface area (Å²) in [5, 5.41) is 10.7. The van der Waals surface area contributed by atoms with Crippen molar-refractivity contribution < 1.29 is 36.3 Å². The molecule has 140 valence electrons. The molecule has 0 fully saturated rings. The van der Waals surface area contributed by atoms with Crippen LogP contribution in [0.5, 0.6) is 0 Å². The molecular weight excluding hydrogens is 365 g/mol. The lowest BCUT2D eigenvalue weighted by Gasteiger charge is -2.18. The third-order valence-corrected chi connectivity index (χ3v) is 4.55. The smallest absolute Gasteiger partial charge is 0.405 e. The predicted molar refractivity (Wildman–Crippen MR) is 81.4 cm³/mol. The molecule has 1 aromatic carbocycles. The van der Waals surface area contributed by atoms with E-state index in [4.69, 9.17) is 5.11 Å². The standard InChI is InChI=1S/C14H17F3N2O5S/c1-8(2)11(13(21)22)19-25(23,24)10-5-3-9(4-6-10)12(20)18-7-14(15,16)17/h3-6,8,11,19H,7H2,1-2H3,(H,18,20)(H,21,22). The third-order valence-electron chi connectivity index (χ3n) is 3.09. The largest absolute Gasteiger partial charge is 0.480 e. The summed E-state index contributed by atoms with van der Waals surface area (Å²) >= 11 is 0. The van der Waals surface area contributed by atoms with Gasteiger partial charge in [0.2, 0.25) is 10.0 Å². The number of sulfonamides is 1. The minimum absolute atomic E-state index is 0.165. The summed E-state index contributed by atoms with van der Waals surface area (Å²) in [5.41, 5.74) is -0.165. The fraction of sp³-hybridized carbons (Fsp3) is 0.429. The second-order valence-electron chi connectivity index (χ2n) is 5.50. The lowest BCUT2D eigenvalue weighted by atomic mass is 10.1. The van der Waals surface area contributed by atoms with Crippen molar-refractivity contribution in [3.8, 4) is 0 Å². The van der Waals surface area contributed by atoms with Crippen LogP contribution in [0.3, 0.4) is 0 Å². The molecule has 0 aliphatic rings. The van der Waals surface area contributed by atoms with Crippen LogP contribution in [0.2, 0.25) is 0 Å². The number of carbonyl (C=O) groups excluding carboxylic acids is 1. The first kappa shape index (κ1) is 20.9. The van der Waals surface area contributed by atoms with Gasteiger partial charge in [-0.05, 0) is 30.2 Å². The van der Waals surface area contributed by atoms with Gasteiger partial charge in [-0.15, -0.1) is 0 Å². The van der Waals surface area contributed by atoms with Crippen molar-refractivity contribution >= 4 is 21.9 Å². The second-order valence-corrected chi connectivity index (χ2v) is 7.22. The molecule has 25 heavy (non-hydrogen) atoms. The van der Waals surface area contributed by atoms with Gasteiger partial charge in [0.1, 0.15) is 12.6 Å². The van der Waals surface area contributed by atoms with Gasteiger partial charge < -0.3 is 10.4 Å². The van der Waals surface area contributed by atoms with E-state index in [1.807, 2.05) is 4.72 Å². The molecule has 0 aliphatic heterocycles. The van der Waals surface area contributed by atoms with Crippen molar-refractivity contribution in [3.05, 3.63) is 29.8 Å². The number of amides is 1. The van der Waals surface area contributed by atoms with Crippen molar-refractivity contribution in [2.45, 2.75) is 31.0 Å². The third kappa shape index (κ3) is 6.35. The zero-order valence-electron chi connectivity index (χ0n) is 13.3. The summed E-state index contributed by atoms with van der Waals surface area (Å²) in [6.07, 6.45) is -4.56. The van der Waals surface area contributed by atoms with E-state index in [0.29, 0.717) is 0 Å². The maximum Gasteiger partial charge on any atom is 0.405 e. The molecule has 0 aliphatic carbocycles. The van der Waals surface area contributed by atoms with Crippen LogP contribution in [0.4, 0.5) is 13.2 Å². The van der Waals surface area contributed by atoms with Crippen LogP contribution in [0.25, 0.3) is 0 Å². The molecule has 1 aromatic rings. The number of carboxylic acid groups (broad SMARTS) is 1. The van der Waals surface area contributed by atoms with Crippen LogP contribution in [0.15, 0.2) is 29.2 Å². The summed E-state index contributed by atoms with van der Waals surface area (Å²) < 4.78 is 62.5. The van der Waals surface area contributed by atoms with E-state index in [-0.39, 0.29) is 10.5 Å². The summed E-state index contributed by atoms with van der Waals surface area (Å²) in [5.74, 6) is -2.87. The molecule has 0 saturated heterocycles. The molecular formula is C14H17F3N2O5S. The molecule has 1 unspecified atom stereocenters. The second kappa shape index (κ2) is 7.83. The van der Waals surface area contributed by atoms with E-state index in [0.717, 1.165) is 24.3 Å². The fourth-order valence-corrected chi connectivity index (χ4v) is 3.11. The molecule has 0 aromatic heterocycles. The number of carboxylic acids is 1. The number of hydrogen-bond acceptors (Lipinski definition) is 4. The van der Waals surface area contributed by atoms with Gasteiger partial charge in [0, 0.05) is 5.56 Å². The Morgan fingerprint density at radius 2 is 1.68 bits per heavy atom. The summed E-state index contributed by atoms with van der Waals surface area (Å²) in [6.45, 7) is 1.53. The molecule has 1 rings (SSSR count). The Bertz CT molecular complexity index is 730. The molecule has 11 heteroatoms. The number of alkyl halides is 3. The Hall–Kier alpha value is -2.14. The lowest BCUT2D eigenvalue weighted by Crippen LogP contribution is -2.44. The number of aliphatic carboxylic acids is 1. The predicted octanol–water partition coefficient (Wildman–Crippen LogP) is 1.37. The first-order valence-electron chi connectivity index (χ1n) is 7.03. The van der Waals surface area contributed by atoms with E-state index in [1.54, 1.807) is 5.32 Å². The molecule has 0 spiro atoms. The highest BCUT2D eigenvalue weighted by molar-refractivity contribution is 7.89. The molecule has 1 amide bonds. The Morgan fingerprint density at radius 1 is 1.16 bits per heavy atom. The van der Waals surface area contributed by atoms with Crippen LogP contribution in [-0.2, 0) is 14.8 Å². The van der Waals surface area contributed by atoms with Gasteiger partial charge in [0.15, 0.2) is 0 Å². The van der Waals surface area contributed by atoms with E-state index in [1.165, 1.54) is 13.8 Å². The Labute approximate surface area is 142 Å². The highest BCUT2D eigenvalue weighted by Gasteiger charge is 2.29. The Balaban J connectivity index is 2.90. The average molecular weight is 382 g/mol. The molecule has 1 atom stereocenters. The SMILES string of the molecule is CC(C)C(NS(=O)(=O)c1ccc(C(=O)NCC(F)(F)F)cc1)C(=O)O. The van der Waals surface area contributed by atoms with Crippen LogP contribution in [0.1, 0.15) is 24.2 Å². The monoisotopic (exact) mass is 382 g/mol. The van der Waals surface area contributed by atoms with Gasteiger partial charge in [-0.1, -0.05) is 13.8 Å². The Morgan fingerprint density at radius 3 is 2.08 bits per heavy atom. The van der Waals surface area contributed by atoms with Gasteiger partial charge in [-0.2, -0.15) is 17.9 Å². The van der Waals surface area contributed by atoms with Crippen molar-refractivity contribution in [1.29, 1.82) is 0 Å².